The Balaban J connectivity index is 4.42. The fourth-order valence-electron chi connectivity index (χ4n) is 1.92. The molecule has 1 amide bonds. The molecule has 0 fully saturated rings. The number of aliphatic hydroxyl groups excluding tert-OH is 1. The quantitative estimate of drug-likeness (QED) is 0.694. The van der Waals surface area contributed by atoms with Crippen LogP contribution in [-0.2, 0) is 4.79 Å². The molecule has 1 atom stereocenters. The van der Waals surface area contributed by atoms with Gasteiger partial charge in [0, 0.05) is 18.5 Å². The molecule has 0 aromatic rings. The van der Waals surface area contributed by atoms with Crippen LogP contribution in [0.4, 0.5) is 0 Å². The van der Waals surface area contributed by atoms with Gasteiger partial charge in [-0.15, -0.1) is 0 Å². The van der Waals surface area contributed by atoms with E-state index in [1.165, 1.54) is 0 Å². The van der Waals surface area contributed by atoms with Crippen molar-refractivity contribution in [2.45, 2.75) is 59.4 Å². The van der Waals surface area contributed by atoms with Gasteiger partial charge in [0.15, 0.2) is 0 Å². The van der Waals surface area contributed by atoms with Crippen LogP contribution in [0.25, 0.3) is 0 Å². The van der Waals surface area contributed by atoms with Crippen LogP contribution in [0.1, 0.15) is 53.4 Å². The van der Waals surface area contributed by atoms with Gasteiger partial charge in [0.1, 0.15) is 0 Å². The molecule has 0 aromatic carbocycles. The van der Waals surface area contributed by atoms with Crippen LogP contribution in [0, 0.1) is 5.92 Å². The van der Waals surface area contributed by atoms with E-state index in [9.17, 15) is 4.79 Å². The minimum Gasteiger partial charge on any atom is -0.395 e. The highest BCUT2D eigenvalue weighted by molar-refractivity contribution is 5.79. The lowest BCUT2D eigenvalue weighted by atomic mass is 9.97. The molecule has 0 radical (unpaired) electrons. The molecular weight excluding hydrogens is 202 g/mol. The van der Waals surface area contributed by atoms with Crippen LogP contribution in [0.2, 0.25) is 0 Å². The summed E-state index contributed by atoms with van der Waals surface area (Å²) in [6.45, 7) is 8.72. The monoisotopic (exact) mass is 229 g/mol. The summed E-state index contributed by atoms with van der Waals surface area (Å²) in [5, 5.41) is 8.97. The van der Waals surface area contributed by atoms with Crippen molar-refractivity contribution in [1.29, 1.82) is 0 Å². The van der Waals surface area contributed by atoms with E-state index in [0.29, 0.717) is 6.54 Å². The second kappa shape index (κ2) is 8.57. The van der Waals surface area contributed by atoms with E-state index in [1.807, 2.05) is 13.8 Å². The number of carbonyl (C=O) groups excluding carboxylic acids is 1. The average molecular weight is 229 g/mol. The Morgan fingerprint density at radius 1 is 1.31 bits per heavy atom. The lowest BCUT2D eigenvalue weighted by molar-refractivity contribution is -0.138. The molecule has 0 heterocycles. The van der Waals surface area contributed by atoms with Gasteiger partial charge >= 0.3 is 0 Å². The fourth-order valence-corrected chi connectivity index (χ4v) is 1.92. The van der Waals surface area contributed by atoms with Gasteiger partial charge in [-0.1, -0.05) is 26.7 Å². The summed E-state index contributed by atoms with van der Waals surface area (Å²) in [5.74, 6) is 0.342. The Kier molecular flexibility index (Phi) is 8.26. The van der Waals surface area contributed by atoms with Gasteiger partial charge in [-0.05, 0) is 26.7 Å². The molecule has 0 saturated carbocycles. The lowest BCUT2D eigenvalue weighted by Gasteiger charge is -2.29. The number of amides is 1. The van der Waals surface area contributed by atoms with E-state index in [2.05, 4.69) is 13.8 Å². The number of unbranched alkanes of at least 4 members (excludes halogenated alkanes) is 1. The minimum absolute atomic E-state index is 0.0497. The van der Waals surface area contributed by atoms with Gasteiger partial charge < -0.3 is 10.0 Å². The number of rotatable bonds is 8. The molecule has 0 bridgehead atoms. The Morgan fingerprint density at radius 3 is 2.31 bits per heavy atom. The summed E-state index contributed by atoms with van der Waals surface area (Å²) in [5.41, 5.74) is 0. The molecular formula is C13H27NO2. The Morgan fingerprint density at radius 2 is 1.94 bits per heavy atom. The second-order valence-corrected chi connectivity index (χ2v) is 4.60. The molecule has 0 saturated heterocycles. The third-order valence-electron chi connectivity index (χ3n) is 3.00. The standard InChI is InChI=1S/C13H27NO2/c1-5-7-8-12(6-2)13(16)14(9-10-15)11(3)4/h11-12,15H,5-10H2,1-4H3. The Labute approximate surface area is 99.8 Å². The van der Waals surface area contributed by atoms with Crippen molar-refractivity contribution in [1.82, 2.24) is 4.90 Å². The van der Waals surface area contributed by atoms with Gasteiger partial charge in [-0.3, -0.25) is 4.79 Å². The van der Waals surface area contributed by atoms with Gasteiger partial charge in [0.05, 0.1) is 6.61 Å². The number of aliphatic hydroxyl groups is 1. The number of nitrogens with zero attached hydrogens (tertiary/aromatic N) is 1. The van der Waals surface area contributed by atoms with Crippen LogP contribution in [0.3, 0.4) is 0 Å². The van der Waals surface area contributed by atoms with Gasteiger partial charge in [0.2, 0.25) is 5.91 Å². The summed E-state index contributed by atoms with van der Waals surface area (Å²) >= 11 is 0. The van der Waals surface area contributed by atoms with Gasteiger partial charge in [-0.2, -0.15) is 0 Å². The topological polar surface area (TPSA) is 40.5 Å². The lowest BCUT2D eigenvalue weighted by Crippen LogP contribution is -2.42. The van der Waals surface area contributed by atoms with Crippen molar-refractivity contribution in [2.75, 3.05) is 13.2 Å². The molecule has 1 N–H and O–H groups in total. The van der Waals surface area contributed by atoms with Crippen molar-refractivity contribution in [3.63, 3.8) is 0 Å². The summed E-state index contributed by atoms with van der Waals surface area (Å²) in [6, 6.07) is 0.176. The molecule has 0 aliphatic carbocycles. The van der Waals surface area contributed by atoms with Crippen LogP contribution in [0.15, 0.2) is 0 Å². The molecule has 0 aliphatic rings. The third-order valence-corrected chi connectivity index (χ3v) is 3.00. The summed E-state index contributed by atoms with van der Waals surface area (Å²) in [6.07, 6.45) is 4.11. The first-order valence-corrected chi connectivity index (χ1v) is 6.49. The van der Waals surface area contributed by atoms with Crippen molar-refractivity contribution < 1.29 is 9.90 Å². The molecule has 16 heavy (non-hydrogen) atoms. The number of hydrogen-bond donors (Lipinski definition) is 1. The summed E-state index contributed by atoms with van der Waals surface area (Å²) in [4.78, 5) is 14.0. The Bertz CT molecular complexity index is 192. The van der Waals surface area contributed by atoms with E-state index >= 15 is 0 Å². The third kappa shape index (κ3) is 4.97. The zero-order valence-corrected chi connectivity index (χ0v) is 11.2. The molecule has 0 spiro atoms. The van der Waals surface area contributed by atoms with Crippen LogP contribution in [-0.4, -0.2) is 35.1 Å². The molecule has 96 valence electrons. The molecule has 1 unspecified atom stereocenters. The molecule has 3 nitrogen and oxygen atoms in total. The van der Waals surface area contributed by atoms with Crippen molar-refractivity contribution in [3.8, 4) is 0 Å². The highest BCUT2D eigenvalue weighted by Crippen LogP contribution is 2.17. The predicted octanol–water partition coefficient (Wildman–Crippen LogP) is 2.43. The van der Waals surface area contributed by atoms with Crippen molar-refractivity contribution >= 4 is 5.91 Å². The van der Waals surface area contributed by atoms with Crippen LogP contribution < -0.4 is 0 Å². The maximum absolute atomic E-state index is 12.2. The average Bonchev–Trinajstić information content (AvgIpc) is 2.26. The maximum atomic E-state index is 12.2. The van der Waals surface area contributed by atoms with Crippen molar-refractivity contribution in [2.24, 2.45) is 5.92 Å². The molecule has 0 aromatic heterocycles. The molecule has 3 heteroatoms. The highest BCUT2D eigenvalue weighted by Gasteiger charge is 2.23. The SMILES string of the molecule is CCCCC(CC)C(=O)N(CCO)C(C)C. The predicted molar refractivity (Wildman–Crippen MR) is 67.2 cm³/mol. The summed E-state index contributed by atoms with van der Waals surface area (Å²) in [7, 11) is 0. The second-order valence-electron chi connectivity index (χ2n) is 4.60. The van der Waals surface area contributed by atoms with E-state index < -0.39 is 0 Å². The first-order chi connectivity index (χ1) is 7.58. The highest BCUT2D eigenvalue weighted by atomic mass is 16.3. The van der Waals surface area contributed by atoms with E-state index in [4.69, 9.17) is 5.11 Å². The van der Waals surface area contributed by atoms with Crippen molar-refractivity contribution in [3.05, 3.63) is 0 Å². The number of hydrogen-bond acceptors (Lipinski definition) is 2. The van der Waals surface area contributed by atoms with Gasteiger partial charge in [-0.25, -0.2) is 0 Å². The first kappa shape index (κ1) is 15.4. The fraction of sp³-hybridized carbons (Fsp3) is 0.923. The smallest absolute Gasteiger partial charge is 0.225 e. The van der Waals surface area contributed by atoms with Crippen LogP contribution >= 0.6 is 0 Å². The zero-order valence-electron chi connectivity index (χ0n) is 11.2. The normalized spacial score (nSPS) is 12.9. The first-order valence-electron chi connectivity index (χ1n) is 6.49. The molecule has 0 rings (SSSR count). The minimum atomic E-state index is 0.0497. The largest absolute Gasteiger partial charge is 0.395 e. The zero-order chi connectivity index (χ0) is 12.6. The van der Waals surface area contributed by atoms with Gasteiger partial charge in [0.25, 0.3) is 0 Å². The maximum Gasteiger partial charge on any atom is 0.225 e. The molecule has 0 aliphatic heterocycles. The van der Waals surface area contributed by atoms with E-state index in [1.54, 1.807) is 4.90 Å². The number of carbonyl (C=O) groups is 1. The van der Waals surface area contributed by atoms with E-state index in [-0.39, 0.29) is 24.5 Å². The Hall–Kier alpha value is -0.570. The van der Waals surface area contributed by atoms with Crippen LogP contribution in [0.5, 0.6) is 0 Å². The van der Waals surface area contributed by atoms with E-state index in [0.717, 1.165) is 25.7 Å². The summed E-state index contributed by atoms with van der Waals surface area (Å²) < 4.78 is 0.